The molecule has 6 heteroatoms. The second kappa shape index (κ2) is 9.75. The van der Waals surface area contributed by atoms with E-state index in [0.717, 1.165) is 42.8 Å². The molecule has 1 saturated heterocycles. The van der Waals surface area contributed by atoms with Crippen molar-refractivity contribution in [3.05, 3.63) is 34.9 Å². The van der Waals surface area contributed by atoms with Gasteiger partial charge in [-0.1, -0.05) is 29.8 Å². The molecule has 0 bridgehead atoms. The van der Waals surface area contributed by atoms with Gasteiger partial charge in [0, 0.05) is 44.9 Å². The van der Waals surface area contributed by atoms with Gasteiger partial charge in [-0.05, 0) is 31.0 Å². The van der Waals surface area contributed by atoms with Crippen LogP contribution in [0.5, 0.6) is 0 Å². The van der Waals surface area contributed by atoms with E-state index in [1.165, 1.54) is 12.8 Å². The molecule has 0 aliphatic carbocycles. The van der Waals surface area contributed by atoms with Gasteiger partial charge < -0.3 is 15.4 Å². The SMILES string of the molecule is CN=C(NCc1ccccc1Cl)NCC1CCCN1CCOC. The molecule has 23 heavy (non-hydrogen) atoms. The van der Waals surface area contributed by atoms with Gasteiger partial charge in [-0.2, -0.15) is 0 Å². The van der Waals surface area contributed by atoms with E-state index in [0.29, 0.717) is 12.6 Å². The highest BCUT2D eigenvalue weighted by Crippen LogP contribution is 2.16. The van der Waals surface area contributed by atoms with Gasteiger partial charge in [0.1, 0.15) is 0 Å². The smallest absolute Gasteiger partial charge is 0.191 e. The zero-order chi connectivity index (χ0) is 16.5. The first-order valence-electron chi connectivity index (χ1n) is 8.15. The van der Waals surface area contributed by atoms with Crippen LogP contribution in [0.15, 0.2) is 29.3 Å². The Balaban J connectivity index is 1.78. The van der Waals surface area contributed by atoms with Crippen molar-refractivity contribution in [3.63, 3.8) is 0 Å². The fourth-order valence-electron chi connectivity index (χ4n) is 2.89. The number of nitrogens with one attached hydrogen (secondary N) is 2. The highest BCUT2D eigenvalue weighted by molar-refractivity contribution is 6.31. The summed E-state index contributed by atoms with van der Waals surface area (Å²) in [5.74, 6) is 0.809. The van der Waals surface area contributed by atoms with E-state index < -0.39 is 0 Å². The van der Waals surface area contributed by atoms with Crippen molar-refractivity contribution < 1.29 is 4.74 Å². The molecule has 2 N–H and O–H groups in total. The van der Waals surface area contributed by atoms with Crippen LogP contribution in [0.25, 0.3) is 0 Å². The minimum Gasteiger partial charge on any atom is -0.383 e. The van der Waals surface area contributed by atoms with Crippen LogP contribution in [0.3, 0.4) is 0 Å². The van der Waals surface area contributed by atoms with E-state index in [4.69, 9.17) is 16.3 Å². The van der Waals surface area contributed by atoms with Crippen LogP contribution in [0.4, 0.5) is 0 Å². The number of guanidine groups is 1. The minimum atomic E-state index is 0.545. The number of halogens is 1. The van der Waals surface area contributed by atoms with Crippen LogP contribution < -0.4 is 10.6 Å². The van der Waals surface area contributed by atoms with Crippen LogP contribution in [0.2, 0.25) is 5.02 Å². The molecule has 1 heterocycles. The highest BCUT2D eigenvalue weighted by atomic mass is 35.5. The third-order valence-corrected chi connectivity index (χ3v) is 4.58. The third kappa shape index (κ3) is 5.68. The fraction of sp³-hybridized carbons (Fsp3) is 0.588. The number of nitrogens with zero attached hydrogens (tertiary/aromatic N) is 2. The number of hydrogen-bond acceptors (Lipinski definition) is 3. The third-order valence-electron chi connectivity index (χ3n) is 4.21. The first-order chi connectivity index (χ1) is 11.2. The predicted octanol–water partition coefficient (Wildman–Crippen LogP) is 2.12. The van der Waals surface area contributed by atoms with Crippen LogP contribution in [-0.4, -0.2) is 57.3 Å². The highest BCUT2D eigenvalue weighted by Gasteiger charge is 2.23. The lowest BCUT2D eigenvalue weighted by Crippen LogP contribution is -2.45. The summed E-state index contributed by atoms with van der Waals surface area (Å²) in [7, 11) is 3.54. The molecule has 1 aliphatic rings. The molecule has 1 aromatic rings. The quantitative estimate of drug-likeness (QED) is 0.590. The molecular weight excluding hydrogens is 312 g/mol. The van der Waals surface area contributed by atoms with E-state index in [9.17, 15) is 0 Å². The van der Waals surface area contributed by atoms with Crippen LogP contribution in [-0.2, 0) is 11.3 Å². The fourth-order valence-corrected chi connectivity index (χ4v) is 3.09. The number of likely N-dealkylation sites (tertiary alicyclic amines) is 1. The second-order valence-corrected chi connectivity index (χ2v) is 6.13. The normalized spacial score (nSPS) is 19.1. The first kappa shape index (κ1) is 18.0. The van der Waals surface area contributed by atoms with Crippen molar-refractivity contribution >= 4 is 17.6 Å². The summed E-state index contributed by atoms with van der Waals surface area (Å²) in [5, 5.41) is 7.52. The lowest BCUT2D eigenvalue weighted by molar-refractivity contribution is 0.141. The van der Waals surface area contributed by atoms with Gasteiger partial charge in [0.05, 0.1) is 6.61 Å². The molecule has 0 aromatic heterocycles. The molecule has 0 spiro atoms. The molecule has 1 unspecified atom stereocenters. The Labute approximate surface area is 144 Å². The summed E-state index contributed by atoms with van der Waals surface area (Å²) in [4.78, 5) is 6.77. The average molecular weight is 339 g/mol. The summed E-state index contributed by atoms with van der Waals surface area (Å²) < 4.78 is 5.19. The van der Waals surface area contributed by atoms with Crippen molar-refractivity contribution in [2.45, 2.75) is 25.4 Å². The van der Waals surface area contributed by atoms with Crippen molar-refractivity contribution in [1.82, 2.24) is 15.5 Å². The van der Waals surface area contributed by atoms with Gasteiger partial charge in [0.25, 0.3) is 0 Å². The van der Waals surface area contributed by atoms with E-state index >= 15 is 0 Å². The number of aliphatic imine (C=N–C) groups is 1. The predicted molar refractivity (Wildman–Crippen MR) is 96.1 cm³/mol. The maximum atomic E-state index is 6.18. The summed E-state index contributed by atoms with van der Waals surface area (Å²) in [6.45, 7) is 4.50. The Bertz CT molecular complexity index is 509. The van der Waals surface area contributed by atoms with E-state index in [1.54, 1.807) is 14.2 Å². The molecular formula is C17H27ClN4O. The van der Waals surface area contributed by atoms with Gasteiger partial charge in [0.15, 0.2) is 5.96 Å². The second-order valence-electron chi connectivity index (χ2n) is 5.72. The molecule has 1 aromatic carbocycles. The zero-order valence-electron chi connectivity index (χ0n) is 14.0. The molecule has 0 radical (unpaired) electrons. The Morgan fingerprint density at radius 1 is 1.39 bits per heavy atom. The van der Waals surface area contributed by atoms with E-state index in [2.05, 4.69) is 20.5 Å². The minimum absolute atomic E-state index is 0.545. The lowest BCUT2D eigenvalue weighted by Gasteiger charge is -2.25. The number of hydrogen-bond donors (Lipinski definition) is 2. The molecule has 1 fully saturated rings. The summed E-state index contributed by atoms with van der Waals surface area (Å²) in [6, 6.07) is 8.40. The molecule has 1 atom stereocenters. The maximum absolute atomic E-state index is 6.18. The Kier molecular flexibility index (Phi) is 7.65. The van der Waals surface area contributed by atoms with Crippen LogP contribution in [0, 0.1) is 0 Å². The zero-order valence-corrected chi connectivity index (χ0v) is 14.8. The summed E-state index contributed by atoms with van der Waals surface area (Å²) in [6.07, 6.45) is 2.47. The van der Waals surface area contributed by atoms with Crippen molar-refractivity contribution in [3.8, 4) is 0 Å². The average Bonchev–Trinajstić information content (AvgIpc) is 3.02. The van der Waals surface area contributed by atoms with Gasteiger partial charge in [-0.15, -0.1) is 0 Å². The summed E-state index contributed by atoms with van der Waals surface area (Å²) >= 11 is 6.18. The lowest BCUT2D eigenvalue weighted by atomic mass is 10.2. The molecule has 2 rings (SSSR count). The monoisotopic (exact) mass is 338 g/mol. The van der Waals surface area contributed by atoms with E-state index in [-0.39, 0.29) is 0 Å². The first-order valence-corrected chi connectivity index (χ1v) is 8.53. The molecule has 0 saturated carbocycles. The van der Waals surface area contributed by atoms with Gasteiger partial charge in [-0.25, -0.2) is 0 Å². The Morgan fingerprint density at radius 2 is 2.22 bits per heavy atom. The topological polar surface area (TPSA) is 48.9 Å². The molecule has 1 aliphatic heterocycles. The van der Waals surface area contributed by atoms with Crippen molar-refractivity contribution in [1.29, 1.82) is 0 Å². The van der Waals surface area contributed by atoms with Crippen molar-refractivity contribution in [2.24, 2.45) is 4.99 Å². The molecule has 0 amide bonds. The number of benzene rings is 1. The number of rotatable bonds is 7. The number of ether oxygens (including phenoxy) is 1. The standard InChI is InChI=1S/C17H27ClN4O/c1-19-17(20-12-14-6-3-4-8-16(14)18)21-13-15-7-5-9-22(15)10-11-23-2/h3-4,6,8,15H,5,7,9-13H2,1-2H3,(H2,19,20,21). The maximum Gasteiger partial charge on any atom is 0.191 e. The van der Waals surface area contributed by atoms with Gasteiger partial charge in [0.2, 0.25) is 0 Å². The Morgan fingerprint density at radius 3 is 2.96 bits per heavy atom. The van der Waals surface area contributed by atoms with Crippen molar-refractivity contribution in [2.75, 3.05) is 40.4 Å². The van der Waals surface area contributed by atoms with Crippen LogP contribution >= 0.6 is 11.6 Å². The Hall–Kier alpha value is -1.30. The van der Waals surface area contributed by atoms with E-state index in [1.807, 2.05) is 24.3 Å². The number of methoxy groups -OCH3 is 1. The summed E-state index contributed by atoms with van der Waals surface area (Å²) in [5.41, 5.74) is 1.07. The largest absolute Gasteiger partial charge is 0.383 e. The van der Waals surface area contributed by atoms with Crippen LogP contribution in [0.1, 0.15) is 18.4 Å². The molecule has 5 nitrogen and oxygen atoms in total. The molecule has 128 valence electrons. The van der Waals surface area contributed by atoms with Gasteiger partial charge >= 0.3 is 0 Å². The van der Waals surface area contributed by atoms with Gasteiger partial charge in [-0.3, -0.25) is 9.89 Å².